The number of hydrogen-bond donors (Lipinski definition) is 2. The molecule has 0 aliphatic carbocycles. The first-order chi connectivity index (χ1) is 9.09. The van der Waals surface area contributed by atoms with Crippen molar-refractivity contribution in [2.24, 2.45) is 0 Å². The van der Waals surface area contributed by atoms with Crippen LogP contribution < -0.4 is 5.32 Å². The van der Waals surface area contributed by atoms with Crippen molar-refractivity contribution >= 4 is 5.91 Å². The lowest BCUT2D eigenvalue weighted by Gasteiger charge is -2.23. The minimum Gasteiger partial charge on any atom is -0.507 e. The van der Waals surface area contributed by atoms with Gasteiger partial charge in [-0.15, -0.1) is 0 Å². The number of phenols is 1. The normalized spacial score (nSPS) is 17.4. The van der Waals surface area contributed by atoms with Crippen molar-refractivity contribution in [1.82, 2.24) is 10.2 Å². The minimum atomic E-state index is -0.202. The Morgan fingerprint density at radius 2 is 2.11 bits per heavy atom. The van der Waals surface area contributed by atoms with Crippen LogP contribution in [0.5, 0.6) is 5.75 Å². The van der Waals surface area contributed by atoms with Crippen molar-refractivity contribution in [3.05, 3.63) is 29.3 Å². The van der Waals surface area contributed by atoms with Gasteiger partial charge in [0.25, 0.3) is 5.91 Å². The van der Waals surface area contributed by atoms with Crippen molar-refractivity contribution < 1.29 is 9.90 Å². The molecule has 0 bridgehead atoms. The third kappa shape index (κ3) is 3.26. The Labute approximate surface area is 114 Å². The summed E-state index contributed by atoms with van der Waals surface area (Å²) in [5.74, 6) is -0.124. The molecular weight excluding hydrogens is 240 g/mol. The van der Waals surface area contributed by atoms with Crippen LogP contribution >= 0.6 is 0 Å². The number of hydrogen-bond acceptors (Lipinski definition) is 3. The first kappa shape index (κ1) is 13.9. The van der Waals surface area contributed by atoms with E-state index in [9.17, 15) is 9.90 Å². The van der Waals surface area contributed by atoms with Crippen LogP contribution in [-0.4, -0.2) is 41.6 Å². The Balaban J connectivity index is 1.92. The summed E-state index contributed by atoms with van der Waals surface area (Å²) >= 11 is 0. The number of aromatic hydroxyl groups is 1. The second-order valence-corrected chi connectivity index (χ2v) is 5.27. The molecule has 4 nitrogen and oxygen atoms in total. The highest BCUT2D eigenvalue weighted by Gasteiger charge is 2.19. The van der Waals surface area contributed by atoms with Gasteiger partial charge in [-0.25, -0.2) is 0 Å². The molecule has 1 fully saturated rings. The van der Waals surface area contributed by atoms with Crippen LogP contribution in [0.4, 0.5) is 0 Å². The Morgan fingerprint density at radius 3 is 2.79 bits per heavy atom. The maximum atomic E-state index is 12.0. The van der Waals surface area contributed by atoms with Gasteiger partial charge in [-0.05, 0) is 51.4 Å². The molecule has 19 heavy (non-hydrogen) atoms. The number of carbonyl (C=O) groups excluding carboxylic acids is 1. The van der Waals surface area contributed by atoms with E-state index in [-0.39, 0.29) is 11.7 Å². The third-order valence-corrected chi connectivity index (χ3v) is 3.80. The molecule has 1 atom stereocenters. The second kappa shape index (κ2) is 6.06. The van der Waals surface area contributed by atoms with Gasteiger partial charge in [-0.3, -0.25) is 9.69 Å². The van der Waals surface area contributed by atoms with Crippen LogP contribution in [0.2, 0.25) is 0 Å². The molecule has 4 heteroatoms. The van der Waals surface area contributed by atoms with E-state index in [0.717, 1.165) is 18.7 Å². The van der Waals surface area contributed by atoms with Crippen molar-refractivity contribution in [3.63, 3.8) is 0 Å². The molecule has 1 unspecified atom stereocenters. The maximum Gasteiger partial charge on any atom is 0.255 e. The molecule has 1 aromatic carbocycles. The van der Waals surface area contributed by atoms with Gasteiger partial charge in [-0.1, -0.05) is 12.1 Å². The lowest BCUT2D eigenvalue weighted by molar-refractivity contribution is 0.0937. The van der Waals surface area contributed by atoms with E-state index in [1.54, 1.807) is 25.1 Å². The van der Waals surface area contributed by atoms with Crippen molar-refractivity contribution in [2.75, 3.05) is 19.6 Å². The van der Waals surface area contributed by atoms with E-state index in [0.29, 0.717) is 18.2 Å². The van der Waals surface area contributed by atoms with Gasteiger partial charge in [-0.2, -0.15) is 0 Å². The number of aryl methyl sites for hydroxylation is 1. The molecule has 1 heterocycles. The molecule has 1 aliphatic rings. The third-order valence-electron chi connectivity index (χ3n) is 3.80. The number of nitrogens with one attached hydrogen (secondary N) is 1. The highest BCUT2D eigenvalue weighted by molar-refractivity contribution is 5.97. The lowest BCUT2D eigenvalue weighted by atomic mass is 10.1. The number of amides is 1. The summed E-state index contributed by atoms with van der Waals surface area (Å²) < 4.78 is 0. The predicted molar refractivity (Wildman–Crippen MR) is 75.4 cm³/mol. The van der Waals surface area contributed by atoms with E-state index < -0.39 is 0 Å². The average molecular weight is 262 g/mol. The topological polar surface area (TPSA) is 52.6 Å². The Bertz CT molecular complexity index is 453. The molecule has 1 aliphatic heterocycles. The SMILES string of the molecule is Cc1cccc(C(=O)NCC(C)N2CCCC2)c1O. The molecule has 0 spiro atoms. The molecule has 1 amide bonds. The second-order valence-electron chi connectivity index (χ2n) is 5.27. The molecule has 2 rings (SSSR count). The lowest BCUT2D eigenvalue weighted by Crippen LogP contribution is -2.40. The summed E-state index contributed by atoms with van der Waals surface area (Å²) in [4.78, 5) is 14.4. The van der Waals surface area contributed by atoms with Gasteiger partial charge in [0.15, 0.2) is 0 Å². The zero-order chi connectivity index (χ0) is 13.8. The van der Waals surface area contributed by atoms with E-state index in [1.807, 2.05) is 0 Å². The fraction of sp³-hybridized carbons (Fsp3) is 0.533. The average Bonchev–Trinajstić information content (AvgIpc) is 2.93. The van der Waals surface area contributed by atoms with E-state index in [1.165, 1.54) is 12.8 Å². The number of para-hydroxylation sites is 1. The largest absolute Gasteiger partial charge is 0.507 e. The van der Waals surface area contributed by atoms with E-state index in [2.05, 4.69) is 17.1 Å². The number of nitrogens with zero attached hydrogens (tertiary/aromatic N) is 1. The molecule has 1 saturated heterocycles. The van der Waals surface area contributed by atoms with Crippen LogP contribution in [0.3, 0.4) is 0 Å². The Kier molecular flexibility index (Phi) is 4.43. The van der Waals surface area contributed by atoms with Crippen molar-refractivity contribution in [3.8, 4) is 5.75 Å². The number of carbonyl (C=O) groups is 1. The van der Waals surface area contributed by atoms with Crippen molar-refractivity contribution in [2.45, 2.75) is 32.7 Å². The Hall–Kier alpha value is -1.55. The zero-order valence-electron chi connectivity index (χ0n) is 11.6. The van der Waals surface area contributed by atoms with Gasteiger partial charge >= 0.3 is 0 Å². The molecule has 104 valence electrons. The van der Waals surface area contributed by atoms with Crippen LogP contribution in [-0.2, 0) is 0 Å². The summed E-state index contributed by atoms with van der Waals surface area (Å²) in [7, 11) is 0. The minimum absolute atomic E-state index is 0.0776. The fourth-order valence-corrected chi connectivity index (χ4v) is 2.49. The highest BCUT2D eigenvalue weighted by atomic mass is 16.3. The number of benzene rings is 1. The number of rotatable bonds is 4. The summed E-state index contributed by atoms with van der Waals surface area (Å²) in [6, 6.07) is 5.57. The maximum absolute atomic E-state index is 12.0. The van der Waals surface area contributed by atoms with Gasteiger partial charge in [0.05, 0.1) is 5.56 Å². The number of phenolic OH excluding ortho intramolecular Hbond substituents is 1. The Morgan fingerprint density at radius 1 is 1.42 bits per heavy atom. The molecule has 0 aromatic heterocycles. The molecule has 0 radical (unpaired) electrons. The van der Waals surface area contributed by atoms with Crippen LogP contribution in [0.1, 0.15) is 35.7 Å². The smallest absolute Gasteiger partial charge is 0.255 e. The van der Waals surface area contributed by atoms with Crippen LogP contribution in [0, 0.1) is 6.92 Å². The summed E-state index contributed by atoms with van der Waals surface area (Å²) in [6.45, 7) is 6.77. The first-order valence-corrected chi connectivity index (χ1v) is 6.90. The zero-order valence-corrected chi connectivity index (χ0v) is 11.6. The van der Waals surface area contributed by atoms with Crippen molar-refractivity contribution in [1.29, 1.82) is 0 Å². The molecule has 1 aromatic rings. The summed E-state index contributed by atoms with van der Waals surface area (Å²) in [6.07, 6.45) is 2.49. The molecular formula is C15H22N2O2. The first-order valence-electron chi connectivity index (χ1n) is 6.90. The van der Waals surface area contributed by atoms with Crippen LogP contribution in [0.25, 0.3) is 0 Å². The summed E-state index contributed by atoms with van der Waals surface area (Å²) in [5.41, 5.74) is 1.08. The van der Waals surface area contributed by atoms with E-state index >= 15 is 0 Å². The molecule has 0 saturated carbocycles. The van der Waals surface area contributed by atoms with Gasteiger partial charge < -0.3 is 10.4 Å². The quantitative estimate of drug-likeness (QED) is 0.871. The standard InChI is InChI=1S/C15H22N2O2/c1-11-6-5-7-13(14(11)18)15(19)16-10-12(2)17-8-3-4-9-17/h5-7,12,18H,3-4,8-10H2,1-2H3,(H,16,19). The fourth-order valence-electron chi connectivity index (χ4n) is 2.49. The van der Waals surface area contributed by atoms with Gasteiger partial charge in [0.1, 0.15) is 5.75 Å². The predicted octanol–water partition coefficient (Wildman–Crippen LogP) is 1.91. The monoisotopic (exact) mass is 262 g/mol. The summed E-state index contributed by atoms with van der Waals surface area (Å²) in [5, 5.41) is 12.8. The van der Waals surface area contributed by atoms with Crippen LogP contribution in [0.15, 0.2) is 18.2 Å². The highest BCUT2D eigenvalue weighted by Crippen LogP contribution is 2.21. The van der Waals surface area contributed by atoms with Gasteiger partial charge in [0.2, 0.25) is 0 Å². The van der Waals surface area contributed by atoms with E-state index in [4.69, 9.17) is 0 Å². The van der Waals surface area contributed by atoms with Gasteiger partial charge in [0, 0.05) is 12.6 Å². The molecule has 2 N–H and O–H groups in total. The number of likely N-dealkylation sites (tertiary alicyclic amines) is 1.